The highest BCUT2D eigenvalue weighted by Crippen LogP contribution is 2.26. The third-order valence-corrected chi connectivity index (χ3v) is 4.64. The maximum absolute atomic E-state index is 13.4. The molecular formula is C17H15Cl3FNO2. The van der Waals surface area contributed by atoms with Crippen molar-refractivity contribution in [2.24, 2.45) is 0 Å². The van der Waals surface area contributed by atoms with Crippen molar-refractivity contribution in [1.29, 1.82) is 0 Å². The fraction of sp³-hybridized carbons (Fsp3) is 0.235. The van der Waals surface area contributed by atoms with Gasteiger partial charge in [0.1, 0.15) is 5.82 Å². The number of carbonyl (C=O) groups excluding carboxylic acids is 1. The highest BCUT2D eigenvalue weighted by molar-refractivity contribution is 6.42. The van der Waals surface area contributed by atoms with Crippen LogP contribution in [0.5, 0.6) is 0 Å². The lowest BCUT2D eigenvalue weighted by atomic mass is 10.1. The number of hydrogen-bond acceptors (Lipinski definition) is 2. The molecule has 128 valence electrons. The van der Waals surface area contributed by atoms with Gasteiger partial charge in [-0.15, -0.1) is 0 Å². The summed E-state index contributed by atoms with van der Waals surface area (Å²) < 4.78 is 13.4. The molecule has 0 aliphatic heterocycles. The normalized spacial score (nSPS) is 12.0. The molecule has 0 heterocycles. The summed E-state index contributed by atoms with van der Waals surface area (Å²) in [6.45, 7) is -0.0246. The van der Waals surface area contributed by atoms with E-state index in [-0.39, 0.29) is 23.9 Å². The molecule has 2 rings (SSSR count). The summed E-state index contributed by atoms with van der Waals surface area (Å²) in [7, 11) is 0. The van der Waals surface area contributed by atoms with Crippen molar-refractivity contribution < 1.29 is 14.3 Å². The first kappa shape index (κ1) is 19.0. The highest BCUT2D eigenvalue weighted by atomic mass is 35.5. The average Bonchev–Trinajstić information content (AvgIpc) is 2.56. The second kappa shape index (κ2) is 8.67. The summed E-state index contributed by atoms with van der Waals surface area (Å²) in [6, 6.07) is 9.25. The predicted molar refractivity (Wildman–Crippen MR) is 94.2 cm³/mol. The summed E-state index contributed by atoms with van der Waals surface area (Å²) in [5.74, 6) is -0.866. The maximum Gasteiger partial charge on any atom is 0.220 e. The zero-order chi connectivity index (χ0) is 17.7. The minimum absolute atomic E-state index is 0.0200. The van der Waals surface area contributed by atoms with E-state index in [9.17, 15) is 14.3 Å². The van der Waals surface area contributed by atoms with E-state index in [0.717, 1.165) is 11.6 Å². The van der Waals surface area contributed by atoms with Gasteiger partial charge >= 0.3 is 0 Å². The van der Waals surface area contributed by atoms with Crippen molar-refractivity contribution in [3.63, 3.8) is 0 Å². The zero-order valence-corrected chi connectivity index (χ0v) is 14.8. The molecule has 0 bridgehead atoms. The Hall–Kier alpha value is -1.33. The molecule has 7 heteroatoms. The van der Waals surface area contributed by atoms with E-state index in [4.69, 9.17) is 34.8 Å². The van der Waals surface area contributed by atoms with Crippen molar-refractivity contribution in [3.05, 3.63) is 68.4 Å². The molecular weight excluding hydrogens is 376 g/mol. The summed E-state index contributed by atoms with van der Waals surface area (Å²) in [5.41, 5.74) is 1.12. The Labute approximate surface area is 154 Å². The number of benzene rings is 2. The van der Waals surface area contributed by atoms with Crippen LogP contribution in [0, 0.1) is 5.82 Å². The Kier molecular flexibility index (Phi) is 6.87. The molecule has 0 fully saturated rings. The molecule has 1 amide bonds. The van der Waals surface area contributed by atoms with Crippen molar-refractivity contribution in [3.8, 4) is 0 Å². The minimum Gasteiger partial charge on any atom is -0.387 e. The van der Waals surface area contributed by atoms with Crippen molar-refractivity contribution in [1.82, 2.24) is 5.32 Å². The quantitative estimate of drug-likeness (QED) is 0.759. The van der Waals surface area contributed by atoms with Gasteiger partial charge in [-0.25, -0.2) is 4.39 Å². The molecule has 2 N–H and O–H groups in total. The first-order chi connectivity index (χ1) is 11.4. The Morgan fingerprint density at radius 1 is 1.17 bits per heavy atom. The number of aliphatic hydroxyl groups is 1. The number of carbonyl (C=O) groups is 1. The lowest BCUT2D eigenvalue weighted by Crippen LogP contribution is -2.28. The maximum atomic E-state index is 13.4. The summed E-state index contributed by atoms with van der Waals surface area (Å²) in [4.78, 5) is 11.9. The highest BCUT2D eigenvalue weighted by Gasteiger charge is 2.12. The molecule has 0 aromatic heterocycles. The number of aliphatic hydroxyl groups excluding tert-OH is 1. The molecule has 0 radical (unpaired) electrons. The van der Waals surface area contributed by atoms with Crippen LogP contribution in [-0.4, -0.2) is 17.6 Å². The summed E-state index contributed by atoms with van der Waals surface area (Å²) in [5, 5.41) is 13.4. The van der Waals surface area contributed by atoms with Gasteiger partial charge in [-0.1, -0.05) is 53.0 Å². The van der Waals surface area contributed by atoms with Crippen LogP contribution in [0.25, 0.3) is 0 Å². The zero-order valence-electron chi connectivity index (χ0n) is 12.5. The van der Waals surface area contributed by atoms with Gasteiger partial charge in [-0.2, -0.15) is 0 Å². The Morgan fingerprint density at radius 2 is 1.92 bits per heavy atom. The van der Waals surface area contributed by atoms with E-state index in [1.165, 1.54) is 12.1 Å². The van der Waals surface area contributed by atoms with Crippen LogP contribution in [0.2, 0.25) is 15.1 Å². The molecule has 3 nitrogen and oxygen atoms in total. The molecule has 1 atom stereocenters. The van der Waals surface area contributed by atoms with Crippen LogP contribution in [-0.2, 0) is 11.2 Å². The second-order valence-corrected chi connectivity index (χ2v) is 6.40. The van der Waals surface area contributed by atoms with E-state index in [2.05, 4.69) is 5.32 Å². The number of amides is 1. The Balaban J connectivity index is 1.84. The monoisotopic (exact) mass is 389 g/mol. The first-order valence-corrected chi connectivity index (χ1v) is 8.34. The van der Waals surface area contributed by atoms with Crippen LogP contribution in [0.1, 0.15) is 23.7 Å². The molecule has 0 aliphatic rings. The minimum atomic E-state index is -1.02. The predicted octanol–water partition coefficient (Wildman–Crippen LogP) is 4.57. The van der Waals surface area contributed by atoms with E-state index in [0.29, 0.717) is 22.0 Å². The van der Waals surface area contributed by atoms with Gasteiger partial charge in [0.25, 0.3) is 0 Å². The third-order valence-electron chi connectivity index (χ3n) is 3.47. The second-order valence-electron chi connectivity index (χ2n) is 5.21. The molecule has 24 heavy (non-hydrogen) atoms. The lowest BCUT2D eigenvalue weighted by molar-refractivity contribution is -0.121. The van der Waals surface area contributed by atoms with Gasteiger partial charge in [0.2, 0.25) is 5.91 Å². The molecule has 0 saturated heterocycles. The summed E-state index contributed by atoms with van der Waals surface area (Å²) >= 11 is 17.6. The fourth-order valence-electron chi connectivity index (χ4n) is 2.13. The Morgan fingerprint density at radius 3 is 2.62 bits per heavy atom. The number of rotatable bonds is 6. The molecule has 0 aliphatic carbocycles. The molecule has 2 aromatic carbocycles. The number of nitrogens with one attached hydrogen (secondary N) is 1. The van der Waals surface area contributed by atoms with Gasteiger partial charge in [0.15, 0.2) is 0 Å². The average molecular weight is 391 g/mol. The fourth-order valence-corrected chi connectivity index (χ4v) is 2.66. The van der Waals surface area contributed by atoms with Crippen LogP contribution >= 0.6 is 34.8 Å². The largest absolute Gasteiger partial charge is 0.387 e. The molecule has 0 saturated carbocycles. The van der Waals surface area contributed by atoms with Crippen molar-refractivity contribution in [2.45, 2.75) is 18.9 Å². The van der Waals surface area contributed by atoms with Crippen LogP contribution < -0.4 is 5.32 Å². The topological polar surface area (TPSA) is 49.3 Å². The first-order valence-electron chi connectivity index (χ1n) is 7.21. The molecule has 2 aromatic rings. The van der Waals surface area contributed by atoms with E-state index < -0.39 is 11.9 Å². The van der Waals surface area contributed by atoms with Gasteiger partial charge < -0.3 is 10.4 Å². The van der Waals surface area contributed by atoms with Gasteiger partial charge in [-0.05, 0) is 35.7 Å². The number of halogens is 4. The van der Waals surface area contributed by atoms with E-state index >= 15 is 0 Å². The third kappa shape index (κ3) is 5.08. The van der Waals surface area contributed by atoms with E-state index in [1.54, 1.807) is 18.2 Å². The molecule has 1 unspecified atom stereocenters. The van der Waals surface area contributed by atoms with E-state index in [1.807, 2.05) is 0 Å². The van der Waals surface area contributed by atoms with Crippen LogP contribution in [0.15, 0.2) is 36.4 Å². The van der Waals surface area contributed by atoms with Crippen LogP contribution in [0.4, 0.5) is 4.39 Å². The number of aryl methyl sites for hydroxylation is 1. The van der Waals surface area contributed by atoms with Gasteiger partial charge in [0.05, 0.1) is 21.2 Å². The van der Waals surface area contributed by atoms with Gasteiger partial charge in [-0.3, -0.25) is 4.79 Å². The van der Waals surface area contributed by atoms with Gasteiger partial charge in [0, 0.05) is 13.0 Å². The SMILES string of the molecule is O=C(CCc1cccc(Cl)c1Cl)NCC(O)c1ccc(Cl)c(F)c1. The summed E-state index contributed by atoms with van der Waals surface area (Å²) in [6.07, 6.45) is -0.394. The lowest BCUT2D eigenvalue weighted by Gasteiger charge is -2.13. The smallest absolute Gasteiger partial charge is 0.220 e. The standard InChI is InChI=1S/C17H15Cl3FNO2/c18-12-6-4-11(8-14(12)21)15(23)9-22-16(24)7-5-10-2-1-3-13(19)17(10)20/h1-4,6,8,15,23H,5,7,9H2,(H,22,24). The van der Waals surface area contributed by atoms with Crippen molar-refractivity contribution in [2.75, 3.05) is 6.54 Å². The number of hydrogen-bond donors (Lipinski definition) is 2. The molecule has 0 spiro atoms. The van der Waals surface area contributed by atoms with Crippen LogP contribution in [0.3, 0.4) is 0 Å². The Bertz CT molecular complexity index is 740. The van der Waals surface area contributed by atoms with Crippen molar-refractivity contribution >= 4 is 40.7 Å².